The minimum atomic E-state index is -0.942. The molecule has 2 aromatic rings. The van der Waals surface area contributed by atoms with Gasteiger partial charge < -0.3 is 14.4 Å². The van der Waals surface area contributed by atoms with E-state index in [9.17, 15) is 9.90 Å². The van der Waals surface area contributed by atoms with Crippen LogP contribution in [0.25, 0.3) is 0 Å². The van der Waals surface area contributed by atoms with Gasteiger partial charge in [-0.3, -0.25) is 0 Å². The predicted molar refractivity (Wildman–Crippen MR) is 80.8 cm³/mol. The van der Waals surface area contributed by atoms with Gasteiger partial charge in [0.25, 0.3) is 0 Å². The Hall–Kier alpha value is -2.30. The third-order valence-electron chi connectivity index (χ3n) is 3.25. The van der Waals surface area contributed by atoms with Gasteiger partial charge in [-0.2, -0.15) is 0 Å². The Labute approximate surface area is 124 Å². The topological polar surface area (TPSA) is 66.6 Å². The largest absolute Gasteiger partial charge is 0.478 e. The maximum atomic E-state index is 11.2. The summed E-state index contributed by atoms with van der Waals surface area (Å²) in [5.74, 6) is 1.54. The number of furan rings is 1. The number of carbonyl (C=O) groups is 1. The zero-order chi connectivity index (χ0) is 15.6. The fourth-order valence-electron chi connectivity index (χ4n) is 2.04. The molecule has 5 heteroatoms. The van der Waals surface area contributed by atoms with Crippen molar-refractivity contribution in [3.8, 4) is 0 Å². The molecule has 1 N–H and O–H groups in total. The van der Waals surface area contributed by atoms with Crippen LogP contribution in [0.3, 0.4) is 0 Å². The number of aromatic nitrogens is 1. The second kappa shape index (κ2) is 5.99. The minimum absolute atomic E-state index is 0.169. The number of carboxylic acid groups (broad SMARTS) is 1. The molecule has 0 unspecified atom stereocenters. The van der Waals surface area contributed by atoms with Crippen LogP contribution in [-0.4, -0.2) is 23.1 Å². The van der Waals surface area contributed by atoms with Gasteiger partial charge in [-0.1, -0.05) is 13.8 Å². The Balaban J connectivity index is 2.30. The number of rotatable bonds is 5. The summed E-state index contributed by atoms with van der Waals surface area (Å²) in [6.45, 7) is 6.42. The van der Waals surface area contributed by atoms with E-state index in [-0.39, 0.29) is 11.5 Å². The van der Waals surface area contributed by atoms with Gasteiger partial charge in [0.2, 0.25) is 0 Å². The highest BCUT2D eigenvalue weighted by molar-refractivity contribution is 5.88. The summed E-state index contributed by atoms with van der Waals surface area (Å²) in [6.07, 6.45) is 0. The molecule has 112 valence electrons. The van der Waals surface area contributed by atoms with E-state index < -0.39 is 5.97 Å². The summed E-state index contributed by atoms with van der Waals surface area (Å²) >= 11 is 0. The van der Waals surface area contributed by atoms with Crippen LogP contribution in [0.1, 0.15) is 47.3 Å². The lowest BCUT2D eigenvalue weighted by atomic mass is 10.1. The third-order valence-corrected chi connectivity index (χ3v) is 3.25. The van der Waals surface area contributed by atoms with Gasteiger partial charge in [-0.05, 0) is 37.1 Å². The fraction of sp³-hybridized carbons (Fsp3) is 0.375. The maximum Gasteiger partial charge on any atom is 0.335 e. The van der Waals surface area contributed by atoms with Gasteiger partial charge in [0.15, 0.2) is 0 Å². The molecule has 0 aliphatic rings. The van der Waals surface area contributed by atoms with E-state index in [4.69, 9.17) is 4.42 Å². The summed E-state index contributed by atoms with van der Waals surface area (Å²) in [4.78, 5) is 17.7. The maximum absolute atomic E-state index is 11.2. The van der Waals surface area contributed by atoms with Crippen molar-refractivity contribution < 1.29 is 14.3 Å². The Bertz CT molecular complexity index is 647. The second-order valence-electron chi connectivity index (χ2n) is 5.47. The Kier molecular flexibility index (Phi) is 4.31. The van der Waals surface area contributed by atoms with Crippen molar-refractivity contribution in [1.29, 1.82) is 0 Å². The SMILES string of the molecule is Cc1ccc(CN(C)c2cc(C(=O)O)cc(C(C)C)n2)o1. The quantitative estimate of drug-likeness (QED) is 0.912. The lowest BCUT2D eigenvalue weighted by Gasteiger charge is -2.19. The molecule has 2 aromatic heterocycles. The average Bonchev–Trinajstić information content (AvgIpc) is 2.83. The number of aromatic carboxylic acids is 1. The third kappa shape index (κ3) is 3.62. The van der Waals surface area contributed by atoms with Gasteiger partial charge in [-0.15, -0.1) is 0 Å². The molecule has 0 aliphatic heterocycles. The van der Waals surface area contributed by atoms with Crippen molar-refractivity contribution in [2.45, 2.75) is 33.2 Å². The van der Waals surface area contributed by atoms with Crippen LogP contribution in [0, 0.1) is 6.92 Å². The first-order valence-electron chi connectivity index (χ1n) is 6.88. The standard InChI is InChI=1S/C16H20N2O3/c1-10(2)14-7-12(16(19)20)8-15(17-14)18(4)9-13-6-5-11(3)21-13/h5-8,10H,9H2,1-4H3,(H,19,20). The summed E-state index contributed by atoms with van der Waals surface area (Å²) in [6, 6.07) is 7.03. The van der Waals surface area contributed by atoms with Gasteiger partial charge in [0, 0.05) is 12.7 Å². The molecule has 0 saturated heterocycles. The molecule has 0 atom stereocenters. The zero-order valence-corrected chi connectivity index (χ0v) is 12.8. The average molecular weight is 288 g/mol. The van der Waals surface area contributed by atoms with Crippen LogP contribution in [0.4, 0.5) is 5.82 Å². The van der Waals surface area contributed by atoms with Crippen LogP contribution in [-0.2, 0) is 6.54 Å². The number of carboxylic acids is 1. The van der Waals surface area contributed by atoms with E-state index in [1.165, 1.54) is 0 Å². The van der Waals surface area contributed by atoms with Gasteiger partial charge in [0.05, 0.1) is 12.1 Å². The van der Waals surface area contributed by atoms with Crippen LogP contribution in [0.5, 0.6) is 0 Å². The first-order valence-corrected chi connectivity index (χ1v) is 6.88. The first kappa shape index (κ1) is 15.1. The molecule has 0 aliphatic carbocycles. The zero-order valence-electron chi connectivity index (χ0n) is 12.8. The molecular formula is C16H20N2O3. The van der Waals surface area contributed by atoms with Crippen molar-refractivity contribution in [1.82, 2.24) is 4.98 Å². The molecule has 0 fully saturated rings. The van der Waals surface area contributed by atoms with Crippen LogP contribution in [0.2, 0.25) is 0 Å². The van der Waals surface area contributed by atoms with Gasteiger partial charge >= 0.3 is 5.97 Å². The van der Waals surface area contributed by atoms with E-state index in [2.05, 4.69) is 4.98 Å². The first-order chi connectivity index (χ1) is 9.86. The number of nitrogens with zero attached hydrogens (tertiary/aromatic N) is 2. The van der Waals surface area contributed by atoms with E-state index in [1.807, 2.05) is 44.9 Å². The fourth-order valence-corrected chi connectivity index (χ4v) is 2.04. The molecule has 5 nitrogen and oxygen atoms in total. The molecule has 21 heavy (non-hydrogen) atoms. The predicted octanol–water partition coefficient (Wildman–Crippen LogP) is 3.44. The van der Waals surface area contributed by atoms with Crippen LogP contribution >= 0.6 is 0 Å². The molecule has 0 amide bonds. The highest BCUT2D eigenvalue weighted by Gasteiger charge is 2.14. The summed E-state index contributed by atoms with van der Waals surface area (Å²) in [7, 11) is 1.87. The molecule has 0 bridgehead atoms. The molecule has 0 radical (unpaired) electrons. The van der Waals surface area contributed by atoms with Crippen molar-refractivity contribution in [3.05, 3.63) is 47.0 Å². The van der Waals surface area contributed by atoms with Crippen molar-refractivity contribution in [3.63, 3.8) is 0 Å². The number of pyridine rings is 1. The normalized spacial score (nSPS) is 10.9. The lowest BCUT2D eigenvalue weighted by molar-refractivity contribution is 0.0696. The Morgan fingerprint density at radius 1 is 1.38 bits per heavy atom. The monoisotopic (exact) mass is 288 g/mol. The van der Waals surface area contributed by atoms with Gasteiger partial charge in [-0.25, -0.2) is 9.78 Å². The summed E-state index contributed by atoms with van der Waals surface area (Å²) < 4.78 is 5.55. The smallest absolute Gasteiger partial charge is 0.335 e. The van der Waals surface area contributed by atoms with E-state index >= 15 is 0 Å². The lowest BCUT2D eigenvalue weighted by Crippen LogP contribution is -2.19. The van der Waals surface area contributed by atoms with Crippen LogP contribution in [0.15, 0.2) is 28.7 Å². The number of hydrogen-bond donors (Lipinski definition) is 1. The summed E-state index contributed by atoms with van der Waals surface area (Å²) in [5, 5.41) is 9.23. The number of aryl methyl sites for hydroxylation is 1. The van der Waals surface area contributed by atoms with E-state index in [1.54, 1.807) is 12.1 Å². The van der Waals surface area contributed by atoms with Crippen LogP contribution < -0.4 is 4.90 Å². The molecule has 2 heterocycles. The molecule has 0 saturated carbocycles. The molecular weight excluding hydrogens is 268 g/mol. The molecule has 0 aromatic carbocycles. The van der Waals surface area contributed by atoms with Crippen molar-refractivity contribution in [2.24, 2.45) is 0 Å². The minimum Gasteiger partial charge on any atom is -0.478 e. The number of hydrogen-bond acceptors (Lipinski definition) is 4. The van der Waals surface area contributed by atoms with Crippen molar-refractivity contribution in [2.75, 3.05) is 11.9 Å². The molecule has 2 rings (SSSR count). The highest BCUT2D eigenvalue weighted by Crippen LogP contribution is 2.21. The van der Waals surface area contributed by atoms with Crippen molar-refractivity contribution >= 4 is 11.8 Å². The van der Waals surface area contributed by atoms with E-state index in [0.29, 0.717) is 12.4 Å². The Morgan fingerprint density at radius 3 is 2.62 bits per heavy atom. The van der Waals surface area contributed by atoms with E-state index in [0.717, 1.165) is 17.2 Å². The Morgan fingerprint density at radius 2 is 2.10 bits per heavy atom. The molecule has 0 spiro atoms. The second-order valence-corrected chi connectivity index (χ2v) is 5.47. The number of anilines is 1. The summed E-state index contributed by atoms with van der Waals surface area (Å²) in [5.41, 5.74) is 1.03. The van der Waals surface area contributed by atoms with Gasteiger partial charge in [0.1, 0.15) is 17.3 Å². The highest BCUT2D eigenvalue weighted by atomic mass is 16.4.